The molecule has 15 heavy (non-hydrogen) atoms. The summed E-state index contributed by atoms with van der Waals surface area (Å²) in [4.78, 5) is 3.38. The number of guanidine groups is 1. The maximum atomic E-state index is 12.8. The van der Waals surface area contributed by atoms with Crippen molar-refractivity contribution in [3.8, 4) is 0 Å². The molecule has 7 heteroatoms. The summed E-state index contributed by atoms with van der Waals surface area (Å²) in [6.45, 7) is 0. The van der Waals surface area contributed by atoms with E-state index in [0.29, 0.717) is 12.1 Å². The molecule has 1 aromatic carbocycles. The predicted molar refractivity (Wildman–Crippen MR) is 46.9 cm³/mol. The molecule has 0 saturated heterocycles. The van der Waals surface area contributed by atoms with Crippen molar-refractivity contribution in [3.63, 3.8) is 0 Å². The van der Waals surface area contributed by atoms with Crippen molar-refractivity contribution >= 4 is 11.6 Å². The van der Waals surface area contributed by atoms with E-state index < -0.39 is 23.5 Å². The third kappa shape index (κ3) is 2.83. The second kappa shape index (κ2) is 3.76. The zero-order valence-corrected chi connectivity index (χ0v) is 7.35. The number of rotatable bonds is 1. The summed E-state index contributed by atoms with van der Waals surface area (Å²) in [5.74, 6) is -1.76. The highest BCUT2D eigenvalue weighted by molar-refractivity contribution is 5.79. The smallest absolute Gasteiger partial charge is 0.370 e. The summed E-state index contributed by atoms with van der Waals surface area (Å²) in [7, 11) is 0. The fourth-order valence-corrected chi connectivity index (χ4v) is 0.949. The fourth-order valence-electron chi connectivity index (χ4n) is 0.949. The van der Waals surface area contributed by atoms with Gasteiger partial charge in [0.25, 0.3) is 0 Å². The lowest BCUT2D eigenvalue weighted by atomic mass is 10.2. The van der Waals surface area contributed by atoms with E-state index in [1.54, 1.807) is 0 Å². The number of alkyl halides is 3. The molecule has 82 valence electrons. The Balaban J connectivity index is 3.23. The van der Waals surface area contributed by atoms with Gasteiger partial charge in [-0.1, -0.05) is 0 Å². The van der Waals surface area contributed by atoms with Crippen molar-refractivity contribution in [3.05, 3.63) is 29.6 Å². The Hall–Kier alpha value is -1.79. The number of aliphatic imine (C=N–C) groups is 1. The van der Waals surface area contributed by atoms with Gasteiger partial charge in [-0.05, 0) is 18.2 Å². The van der Waals surface area contributed by atoms with Crippen LogP contribution >= 0.6 is 0 Å². The van der Waals surface area contributed by atoms with Crippen LogP contribution in [0.5, 0.6) is 0 Å². The lowest BCUT2D eigenvalue weighted by molar-refractivity contribution is -0.139. The molecule has 0 amide bonds. The molecule has 0 aromatic heterocycles. The van der Waals surface area contributed by atoms with Crippen LogP contribution in [-0.2, 0) is 6.18 Å². The lowest BCUT2D eigenvalue weighted by Crippen LogP contribution is -2.22. The Bertz CT molecular complexity index is 393. The zero-order chi connectivity index (χ0) is 11.6. The van der Waals surface area contributed by atoms with E-state index in [1.165, 1.54) is 0 Å². The van der Waals surface area contributed by atoms with Gasteiger partial charge in [0.15, 0.2) is 5.96 Å². The monoisotopic (exact) mass is 221 g/mol. The SMILES string of the molecule is NC(N)=Nc1ccc(F)c(C(F)(F)F)c1. The van der Waals surface area contributed by atoms with Crippen LogP contribution in [0.1, 0.15) is 5.56 Å². The molecule has 0 unspecified atom stereocenters. The molecule has 0 aliphatic rings. The maximum absolute atomic E-state index is 12.8. The number of hydrogen-bond donors (Lipinski definition) is 2. The summed E-state index contributed by atoms with van der Waals surface area (Å²) < 4.78 is 49.4. The van der Waals surface area contributed by atoms with Crippen LogP contribution in [0.2, 0.25) is 0 Å². The summed E-state index contributed by atoms with van der Waals surface area (Å²) in [6.07, 6.45) is -4.76. The molecule has 0 aliphatic heterocycles. The minimum absolute atomic E-state index is 0.149. The third-order valence-electron chi connectivity index (χ3n) is 1.51. The van der Waals surface area contributed by atoms with Gasteiger partial charge in [0, 0.05) is 0 Å². The van der Waals surface area contributed by atoms with E-state index in [4.69, 9.17) is 11.5 Å². The standard InChI is InChI=1S/C8H7F4N3/c9-6-2-1-4(15-7(13)14)3-5(6)8(10,11)12/h1-3H,(H4,13,14,15). The lowest BCUT2D eigenvalue weighted by Gasteiger charge is -2.08. The van der Waals surface area contributed by atoms with E-state index >= 15 is 0 Å². The average molecular weight is 221 g/mol. The molecule has 0 atom stereocenters. The van der Waals surface area contributed by atoms with Gasteiger partial charge in [0.1, 0.15) is 5.82 Å². The first-order chi connectivity index (χ1) is 6.80. The number of hydrogen-bond acceptors (Lipinski definition) is 1. The number of benzene rings is 1. The topological polar surface area (TPSA) is 64.4 Å². The number of halogens is 4. The molecule has 0 fully saturated rings. The van der Waals surface area contributed by atoms with E-state index in [2.05, 4.69) is 4.99 Å². The van der Waals surface area contributed by atoms with Crippen LogP contribution in [-0.4, -0.2) is 5.96 Å². The van der Waals surface area contributed by atoms with Crippen LogP contribution in [0.25, 0.3) is 0 Å². The highest BCUT2D eigenvalue weighted by Crippen LogP contribution is 2.33. The van der Waals surface area contributed by atoms with Crippen molar-refractivity contribution in [2.24, 2.45) is 16.5 Å². The first-order valence-corrected chi connectivity index (χ1v) is 3.77. The summed E-state index contributed by atoms with van der Waals surface area (Å²) in [6, 6.07) is 2.24. The highest BCUT2D eigenvalue weighted by atomic mass is 19.4. The van der Waals surface area contributed by atoms with Crippen molar-refractivity contribution < 1.29 is 17.6 Å². The molecule has 0 radical (unpaired) electrons. The van der Waals surface area contributed by atoms with E-state index in [9.17, 15) is 17.6 Å². The number of nitrogens with zero attached hydrogens (tertiary/aromatic N) is 1. The molecule has 0 spiro atoms. The van der Waals surface area contributed by atoms with Gasteiger partial charge >= 0.3 is 6.18 Å². The summed E-state index contributed by atoms with van der Waals surface area (Å²) in [5, 5.41) is 0. The van der Waals surface area contributed by atoms with Gasteiger partial charge in [-0.25, -0.2) is 9.38 Å². The highest BCUT2D eigenvalue weighted by Gasteiger charge is 2.34. The van der Waals surface area contributed by atoms with Gasteiger partial charge < -0.3 is 11.5 Å². The van der Waals surface area contributed by atoms with Crippen molar-refractivity contribution in [1.29, 1.82) is 0 Å². The third-order valence-corrected chi connectivity index (χ3v) is 1.51. The maximum Gasteiger partial charge on any atom is 0.419 e. The first kappa shape index (κ1) is 11.3. The zero-order valence-electron chi connectivity index (χ0n) is 7.35. The largest absolute Gasteiger partial charge is 0.419 e. The first-order valence-electron chi connectivity index (χ1n) is 3.77. The van der Waals surface area contributed by atoms with Crippen LogP contribution < -0.4 is 11.5 Å². The molecule has 4 N–H and O–H groups in total. The Kier molecular flexibility index (Phi) is 2.83. The van der Waals surface area contributed by atoms with Crippen LogP contribution in [0.4, 0.5) is 23.2 Å². The van der Waals surface area contributed by atoms with E-state index in [1.807, 2.05) is 0 Å². The minimum Gasteiger partial charge on any atom is -0.370 e. The van der Waals surface area contributed by atoms with Gasteiger partial charge in [0.2, 0.25) is 0 Å². The average Bonchev–Trinajstić information content (AvgIpc) is 2.05. The summed E-state index contributed by atoms with van der Waals surface area (Å²) in [5.41, 5.74) is 8.40. The normalized spacial score (nSPS) is 11.2. The fraction of sp³-hybridized carbons (Fsp3) is 0.125. The minimum atomic E-state index is -4.76. The predicted octanol–water partition coefficient (Wildman–Crippen LogP) is 1.75. The molecule has 0 heterocycles. The van der Waals surface area contributed by atoms with Gasteiger partial charge in [-0.15, -0.1) is 0 Å². The number of nitrogens with two attached hydrogens (primary N) is 2. The molecule has 1 aromatic rings. The molecule has 0 aliphatic carbocycles. The van der Waals surface area contributed by atoms with Gasteiger partial charge in [0.05, 0.1) is 11.3 Å². The quantitative estimate of drug-likeness (QED) is 0.431. The Morgan fingerprint density at radius 1 is 1.20 bits per heavy atom. The molecule has 1 rings (SSSR count). The van der Waals surface area contributed by atoms with Crippen LogP contribution in [0, 0.1) is 5.82 Å². The molecule has 0 bridgehead atoms. The molecule has 3 nitrogen and oxygen atoms in total. The van der Waals surface area contributed by atoms with Crippen molar-refractivity contribution in [1.82, 2.24) is 0 Å². The van der Waals surface area contributed by atoms with E-state index in [-0.39, 0.29) is 5.69 Å². The van der Waals surface area contributed by atoms with Gasteiger partial charge in [-0.2, -0.15) is 13.2 Å². The Morgan fingerprint density at radius 3 is 2.27 bits per heavy atom. The Morgan fingerprint density at radius 2 is 1.80 bits per heavy atom. The summed E-state index contributed by atoms with van der Waals surface area (Å²) >= 11 is 0. The molecular formula is C8H7F4N3. The second-order valence-electron chi connectivity index (χ2n) is 2.70. The molecular weight excluding hydrogens is 214 g/mol. The van der Waals surface area contributed by atoms with Gasteiger partial charge in [-0.3, -0.25) is 0 Å². The van der Waals surface area contributed by atoms with Crippen molar-refractivity contribution in [2.75, 3.05) is 0 Å². The Labute approximate surface area is 82.4 Å². The second-order valence-corrected chi connectivity index (χ2v) is 2.70. The molecule has 0 saturated carbocycles. The van der Waals surface area contributed by atoms with Crippen LogP contribution in [0.15, 0.2) is 23.2 Å². The van der Waals surface area contributed by atoms with Crippen LogP contribution in [0.3, 0.4) is 0 Å². The van der Waals surface area contributed by atoms with Crippen molar-refractivity contribution in [2.45, 2.75) is 6.18 Å². The van der Waals surface area contributed by atoms with E-state index in [0.717, 1.165) is 6.07 Å².